The summed E-state index contributed by atoms with van der Waals surface area (Å²) in [4.78, 5) is 14.6. The van der Waals surface area contributed by atoms with Crippen LogP contribution in [-0.2, 0) is 14.3 Å². The average molecular weight is 316 g/mol. The minimum absolute atomic E-state index is 0.113. The molecule has 0 spiro atoms. The molecule has 0 aromatic rings. The SMILES string of the molecule is CN(CC1(O)CCOCC1)C(=O)C1(C(N)=S)CCOCC1. The molecule has 0 aliphatic carbocycles. The summed E-state index contributed by atoms with van der Waals surface area (Å²) in [5.41, 5.74) is 4.14. The zero-order valence-electron chi connectivity index (χ0n) is 12.5. The molecule has 0 aromatic heterocycles. The van der Waals surface area contributed by atoms with E-state index in [9.17, 15) is 9.90 Å². The average Bonchev–Trinajstić information content (AvgIpc) is 2.47. The number of ether oxygens (including phenoxy) is 2. The Morgan fingerprint density at radius 2 is 1.67 bits per heavy atom. The number of hydrogen-bond acceptors (Lipinski definition) is 5. The van der Waals surface area contributed by atoms with Crippen LogP contribution in [0.4, 0.5) is 0 Å². The van der Waals surface area contributed by atoms with Crippen LogP contribution in [0.3, 0.4) is 0 Å². The highest BCUT2D eigenvalue weighted by Crippen LogP contribution is 2.34. The number of nitrogens with two attached hydrogens (primary N) is 1. The first-order chi connectivity index (χ1) is 9.90. The van der Waals surface area contributed by atoms with Crippen molar-refractivity contribution in [2.45, 2.75) is 31.3 Å². The minimum Gasteiger partial charge on any atom is -0.392 e. The molecule has 0 radical (unpaired) electrons. The molecule has 6 nitrogen and oxygen atoms in total. The molecule has 2 heterocycles. The van der Waals surface area contributed by atoms with Gasteiger partial charge in [-0.05, 0) is 12.8 Å². The molecule has 0 atom stereocenters. The molecule has 2 fully saturated rings. The van der Waals surface area contributed by atoms with Gasteiger partial charge < -0.3 is 25.2 Å². The fourth-order valence-corrected chi connectivity index (χ4v) is 3.37. The molecule has 2 aliphatic heterocycles. The predicted octanol–water partition coefficient (Wildman–Crippen LogP) is 0.0692. The van der Waals surface area contributed by atoms with E-state index in [0.29, 0.717) is 52.1 Å². The first-order valence-corrected chi connectivity index (χ1v) is 7.74. The zero-order valence-corrected chi connectivity index (χ0v) is 13.3. The highest BCUT2D eigenvalue weighted by molar-refractivity contribution is 7.80. The van der Waals surface area contributed by atoms with E-state index in [-0.39, 0.29) is 17.4 Å². The highest BCUT2D eigenvalue weighted by Gasteiger charge is 2.46. The van der Waals surface area contributed by atoms with E-state index in [2.05, 4.69) is 0 Å². The van der Waals surface area contributed by atoms with Crippen LogP contribution in [0.5, 0.6) is 0 Å². The van der Waals surface area contributed by atoms with Crippen molar-refractivity contribution >= 4 is 23.1 Å². The maximum atomic E-state index is 12.8. The second kappa shape index (κ2) is 6.56. The van der Waals surface area contributed by atoms with Gasteiger partial charge in [-0.3, -0.25) is 4.79 Å². The van der Waals surface area contributed by atoms with Crippen molar-refractivity contribution in [3.05, 3.63) is 0 Å². The van der Waals surface area contributed by atoms with Gasteiger partial charge in [-0.15, -0.1) is 0 Å². The molecule has 3 N–H and O–H groups in total. The number of thiocarbonyl (C=S) groups is 1. The lowest BCUT2D eigenvalue weighted by atomic mass is 9.78. The van der Waals surface area contributed by atoms with Gasteiger partial charge in [-0.1, -0.05) is 12.2 Å². The molecule has 21 heavy (non-hydrogen) atoms. The number of nitrogens with zero attached hydrogens (tertiary/aromatic N) is 1. The molecule has 0 aromatic carbocycles. The van der Waals surface area contributed by atoms with Crippen molar-refractivity contribution in [1.29, 1.82) is 0 Å². The van der Waals surface area contributed by atoms with E-state index in [0.717, 1.165) is 0 Å². The van der Waals surface area contributed by atoms with Crippen molar-refractivity contribution in [3.63, 3.8) is 0 Å². The van der Waals surface area contributed by atoms with Crippen LogP contribution in [0.1, 0.15) is 25.7 Å². The van der Waals surface area contributed by atoms with Gasteiger partial charge in [0.25, 0.3) is 0 Å². The van der Waals surface area contributed by atoms with Crippen LogP contribution in [0.25, 0.3) is 0 Å². The standard InChI is InChI=1S/C14H24N2O4S/c1-16(10-13(18)2-6-19-7-3-13)12(17)14(11(15)21)4-8-20-9-5-14/h18H,2-10H2,1H3,(H2,15,21). The number of rotatable bonds is 4. The van der Waals surface area contributed by atoms with Gasteiger partial charge in [0.1, 0.15) is 5.41 Å². The van der Waals surface area contributed by atoms with Gasteiger partial charge in [0.05, 0.1) is 10.6 Å². The van der Waals surface area contributed by atoms with Gasteiger partial charge in [0, 0.05) is 52.9 Å². The van der Waals surface area contributed by atoms with E-state index in [1.807, 2.05) is 0 Å². The van der Waals surface area contributed by atoms with Crippen LogP contribution in [-0.4, -0.2) is 66.5 Å². The molecule has 0 unspecified atom stereocenters. The van der Waals surface area contributed by atoms with Crippen molar-refractivity contribution in [3.8, 4) is 0 Å². The molecule has 1 amide bonds. The number of likely N-dealkylation sites (N-methyl/N-ethyl adjacent to an activating group) is 1. The number of carbonyl (C=O) groups is 1. The molecule has 2 rings (SSSR count). The van der Waals surface area contributed by atoms with Crippen molar-refractivity contribution in [1.82, 2.24) is 4.90 Å². The Balaban J connectivity index is 2.07. The van der Waals surface area contributed by atoms with Crippen molar-refractivity contribution < 1.29 is 19.4 Å². The molecule has 0 saturated carbocycles. The zero-order chi connectivity index (χ0) is 15.5. The van der Waals surface area contributed by atoms with Crippen molar-refractivity contribution in [2.24, 2.45) is 11.1 Å². The lowest BCUT2D eigenvalue weighted by molar-refractivity contribution is -0.147. The molecule has 7 heteroatoms. The number of carbonyl (C=O) groups excluding carboxylic acids is 1. The molecule has 2 saturated heterocycles. The molecule has 2 aliphatic rings. The van der Waals surface area contributed by atoms with Crippen LogP contribution >= 0.6 is 12.2 Å². The van der Waals surface area contributed by atoms with Gasteiger partial charge >= 0.3 is 0 Å². The lowest BCUT2D eigenvalue weighted by Crippen LogP contribution is -2.56. The summed E-state index contributed by atoms with van der Waals surface area (Å²) < 4.78 is 10.6. The first kappa shape index (κ1) is 16.6. The second-order valence-electron chi connectivity index (χ2n) is 6.06. The number of hydrogen-bond donors (Lipinski definition) is 2. The predicted molar refractivity (Wildman–Crippen MR) is 81.9 cm³/mol. The lowest BCUT2D eigenvalue weighted by Gasteiger charge is -2.41. The van der Waals surface area contributed by atoms with Crippen LogP contribution in [0.15, 0.2) is 0 Å². The highest BCUT2D eigenvalue weighted by atomic mass is 32.1. The normalized spacial score (nSPS) is 24.3. The Kier molecular flexibility index (Phi) is 5.19. The maximum absolute atomic E-state index is 12.8. The summed E-state index contributed by atoms with van der Waals surface area (Å²) >= 11 is 5.15. The first-order valence-electron chi connectivity index (χ1n) is 7.33. The number of aliphatic hydroxyl groups is 1. The molecule has 120 valence electrons. The third-order valence-electron chi connectivity index (χ3n) is 4.53. The summed E-state index contributed by atoms with van der Waals surface area (Å²) in [7, 11) is 1.70. The van der Waals surface area contributed by atoms with Crippen LogP contribution in [0, 0.1) is 5.41 Å². The van der Waals surface area contributed by atoms with Gasteiger partial charge in [-0.25, -0.2) is 0 Å². The summed E-state index contributed by atoms with van der Waals surface area (Å²) in [6.45, 7) is 2.28. The molecular formula is C14H24N2O4S. The van der Waals surface area contributed by atoms with Crippen LogP contribution in [0.2, 0.25) is 0 Å². The Bertz CT molecular complexity index is 404. The van der Waals surface area contributed by atoms with Crippen molar-refractivity contribution in [2.75, 3.05) is 40.0 Å². The topological polar surface area (TPSA) is 85.0 Å². The third-order valence-corrected chi connectivity index (χ3v) is 4.92. The van der Waals surface area contributed by atoms with E-state index < -0.39 is 11.0 Å². The fourth-order valence-electron chi connectivity index (χ4n) is 3.07. The summed E-state index contributed by atoms with van der Waals surface area (Å²) in [5, 5.41) is 10.5. The smallest absolute Gasteiger partial charge is 0.235 e. The van der Waals surface area contributed by atoms with Gasteiger partial charge in [0.15, 0.2) is 0 Å². The summed E-state index contributed by atoms with van der Waals surface area (Å²) in [6, 6.07) is 0. The Hall–Kier alpha value is -0.760. The quantitative estimate of drug-likeness (QED) is 0.714. The largest absolute Gasteiger partial charge is 0.392 e. The monoisotopic (exact) mass is 316 g/mol. The summed E-state index contributed by atoms with van der Waals surface area (Å²) in [6.07, 6.45) is 2.09. The fraction of sp³-hybridized carbons (Fsp3) is 0.857. The van der Waals surface area contributed by atoms with Gasteiger partial charge in [-0.2, -0.15) is 0 Å². The summed E-state index contributed by atoms with van der Waals surface area (Å²) in [5.74, 6) is -0.113. The Labute approximate surface area is 130 Å². The van der Waals surface area contributed by atoms with E-state index in [1.165, 1.54) is 0 Å². The van der Waals surface area contributed by atoms with Gasteiger partial charge in [0.2, 0.25) is 5.91 Å². The van der Waals surface area contributed by atoms with E-state index in [4.69, 9.17) is 27.4 Å². The van der Waals surface area contributed by atoms with Crippen LogP contribution < -0.4 is 5.73 Å². The minimum atomic E-state index is -0.884. The third kappa shape index (κ3) is 3.53. The van der Waals surface area contributed by atoms with E-state index in [1.54, 1.807) is 11.9 Å². The van der Waals surface area contributed by atoms with E-state index >= 15 is 0 Å². The maximum Gasteiger partial charge on any atom is 0.235 e. The molecule has 0 bridgehead atoms. The Morgan fingerprint density at radius 3 is 2.14 bits per heavy atom. The molecular weight excluding hydrogens is 292 g/mol. The second-order valence-corrected chi connectivity index (χ2v) is 6.50. The number of amides is 1. The Morgan fingerprint density at radius 1 is 1.19 bits per heavy atom.